The van der Waals surface area contributed by atoms with Gasteiger partial charge in [0.05, 0.1) is 6.61 Å². The number of ether oxygens (including phenoxy) is 5. The summed E-state index contributed by atoms with van der Waals surface area (Å²) >= 11 is 6.50. The average Bonchev–Trinajstić information content (AvgIpc) is 2.76. The van der Waals surface area contributed by atoms with Crippen molar-refractivity contribution in [2.24, 2.45) is 0 Å². The molecule has 0 saturated carbocycles. The van der Waals surface area contributed by atoms with Crippen LogP contribution in [-0.2, 0) is 30.2 Å². The lowest BCUT2D eigenvalue weighted by molar-refractivity contribution is -0.194. The minimum Gasteiger partial charge on any atom is -0.486 e. The molecule has 2 heterocycles. The smallest absolute Gasteiger partial charge is 0.303 e. The van der Waals surface area contributed by atoms with E-state index in [1.54, 1.807) is 6.07 Å². The van der Waals surface area contributed by atoms with Crippen molar-refractivity contribution in [3.63, 3.8) is 0 Å². The van der Waals surface area contributed by atoms with Crippen LogP contribution in [0.3, 0.4) is 0 Å². The summed E-state index contributed by atoms with van der Waals surface area (Å²) in [4.78, 5) is 23.3. The highest BCUT2D eigenvalue weighted by atomic mass is 35.5. The van der Waals surface area contributed by atoms with Crippen molar-refractivity contribution in [2.75, 3.05) is 19.8 Å². The Kier molecular flexibility index (Phi) is 6.86. The van der Waals surface area contributed by atoms with Gasteiger partial charge >= 0.3 is 11.9 Å². The van der Waals surface area contributed by atoms with Gasteiger partial charge in [-0.05, 0) is 41.3 Å². The molecule has 3 atom stereocenters. The lowest BCUT2D eigenvalue weighted by atomic mass is 9.93. The van der Waals surface area contributed by atoms with Crippen LogP contribution in [0.2, 0.25) is 5.02 Å². The minimum absolute atomic E-state index is 0.375. The van der Waals surface area contributed by atoms with Gasteiger partial charge in [-0.15, -0.1) is 0 Å². The molecule has 2 aliphatic heterocycles. The fourth-order valence-electron chi connectivity index (χ4n) is 4.04. The van der Waals surface area contributed by atoms with Crippen molar-refractivity contribution in [3.05, 3.63) is 58.1 Å². The summed E-state index contributed by atoms with van der Waals surface area (Å²) in [5.74, 6) is 0.559. The summed E-state index contributed by atoms with van der Waals surface area (Å²) in [7, 11) is 0. The number of hydrogen-bond donors (Lipinski definition) is 0. The number of rotatable bonds is 5. The Morgan fingerprint density at radius 1 is 0.969 bits per heavy atom. The monoisotopic (exact) mass is 460 g/mol. The standard InChI is InChI=1S/C24H25ClO7/c1-14(26)31-21-7-8-30-23(24(21)32-15(2)27)17-4-5-19(25)18(13-17)11-16-3-6-20-22(12-16)29-10-9-28-20/h3-6,12-13,21,23-24H,7-11H2,1-2H3/t21?,23?,24-/m1/s1. The summed E-state index contributed by atoms with van der Waals surface area (Å²) in [6, 6.07) is 11.4. The SMILES string of the molecule is CC(=O)OC1CCOC(c2ccc(Cl)c(Cc3ccc4c(c3)OCCO4)c2)[C@@H]1OC(C)=O. The van der Waals surface area contributed by atoms with Crippen LogP contribution in [0.5, 0.6) is 11.5 Å². The lowest BCUT2D eigenvalue weighted by Crippen LogP contribution is -2.44. The first-order chi connectivity index (χ1) is 15.4. The Labute approximate surface area is 191 Å². The van der Waals surface area contributed by atoms with E-state index in [4.69, 9.17) is 35.3 Å². The van der Waals surface area contributed by atoms with Crippen LogP contribution in [0, 0.1) is 0 Å². The Bertz CT molecular complexity index is 1010. The first-order valence-corrected chi connectivity index (χ1v) is 10.9. The quantitative estimate of drug-likeness (QED) is 0.623. The fraction of sp³-hybridized carbons (Fsp3) is 0.417. The first kappa shape index (κ1) is 22.4. The second kappa shape index (κ2) is 9.79. The molecule has 0 aliphatic carbocycles. The molecule has 0 bridgehead atoms. The Hall–Kier alpha value is -2.77. The zero-order chi connectivity index (χ0) is 22.7. The van der Waals surface area contributed by atoms with E-state index in [1.807, 2.05) is 30.3 Å². The molecule has 0 aromatic heterocycles. The molecule has 2 unspecified atom stereocenters. The maximum Gasteiger partial charge on any atom is 0.303 e. The number of carbonyl (C=O) groups is 2. The number of hydrogen-bond acceptors (Lipinski definition) is 7. The van der Waals surface area contributed by atoms with Gasteiger partial charge < -0.3 is 23.7 Å². The van der Waals surface area contributed by atoms with Gasteiger partial charge in [0.2, 0.25) is 0 Å². The summed E-state index contributed by atoms with van der Waals surface area (Å²) in [6.07, 6.45) is -0.873. The fourth-order valence-corrected chi connectivity index (χ4v) is 4.23. The van der Waals surface area contributed by atoms with Gasteiger partial charge in [0.1, 0.15) is 25.4 Å². The normalized spacial score (nSPS) is 22.2. The molecule has 0 spiro atoms. The molecule has 2 aromatic rings. The van der Waals surface area contributed by atoms with E-state index in [0.29, 0.717) is 37.7 Å². The number of fused-ring (bicyclic) bond motifs is 1. The van der Waals surface area contributed by atoms with Crippen molar-refractivity contribution < 1.29 is 33.3 Å². The van der Waals surface area contributed by atoms with E-state index in [0.717, 1.165) is 28.2 Å². The molecule has 32 heavy (non-hydrogen) atoms. The highest BCUT2D eigenvalue weighted by Gasteiger charge is 2.40. The van der Waals surface area contributed by atoms with E-state index < -0.39 is 30.3 Å². The number of halogens is 1. The van der Waals surface area contributed by atoms with Crippen molar-refractivity contribution >= 4 is 23.5 Å². The Balaban J connectivity index is 1.60. The van der Waals surface area contributed by atoms with Crippen molar-refractivity contribution in [1.29, 1.82) is 0 Å². The number of benzene rings is 2. The molecule has 0 amide bonds. The number of esters is 2. The van der Waals surface area contributed by atoms with Gasteiger partial charge in [-0.25, -0.2) is 0 Å². The third-order valence-corrected chi connectivity index (χ3v) is 5.75. The molecule has 1 saturated heterocycles. The third kappa shape index (κ3) is 5.16. The van der Waals surface area contributed by atoms with Gasteiger partial charge in [0.25, 0.3) is 0 Å². The minimum atomic E-state index is -0.742. The molecular weight excluding hydrogens is 436 g/mol. The summed E-state index contributed by atoms with van der Waals surface area (Å²) < 4.78 is 28.2. The van der Waals surface area contributed by atoms with E-state index in [9.17, 15) is 9.59 Å². The molecule has 170 valence electrons. The summed E-state index contributed by atoms with van der Waals surface area (Å²) in [5, 5.41) is 0.611. The average molecular weight is 461 g/mol. The van der Waals surface area contributed by atoms with Crippen LogP contribution >= 0.6 is 11.6 Å². The topological polar surface area (TPSA) is 80.3 Å². The van der Waals surface area contributed by atoms with E-state index in [-0.39, 0.29) is 0 Å². The van der Waals surface area contributed by atoms with Gasteiger partial charge in [0, 0.05) is 25.3 Å². The second-order valence-electron chi connectivity index (χ2n) is 7.81. The molecule has 1 fully saturated rings. The maximum absolute atomic E-state index is 11.7. The van der Waals surface area contributed by atoms with Crippen LogP contribution < -0.4 is 9.47 Å². The molecule has 8 heteroatoms. The zero-order valence-electron chi connectivity index (χ0n) is 18.0. The van der Waals surface area contributed by atoms with E-state index >= 15 is 0 Å². The van der Waals surface area contributed by atoms with Gasteiger partial charge in [0.15, 0.2) is 17.6 Å². The van der Waals surface area contributed by atoms with Crippen molar-refractivity contribution in [1.82, 2.24) is 0 Å². The molecule has 4 rings (SSSR count). The molecule has 7 nitrogen and oxygen atoms in total. The number of carbonyl (C=O) groups excluding carboxylic acids is 2. The highest BCUT2D eigenvalue weighted by Crippen LogP contribution is 2.36. The van der Waals surface area contributed by atoms with Crippen molar-refractivity contribution in [3.8, 4) is 11.5 Å². The Morgan fingerprint density at radius 2 is 1.72 bits per heavy atom. The van der Waals surface area contributed by atoms with Crippen LogP contribution in [0.25, 0.3) is 0 Å². The van der Waals surface area contributed by atoms with Crippen LogP contribution in [0.4, 0.5) is 0 Å². The molecule has 2 aromatic carbocycles. The second-order valence-corrected chi connectivity index (χ2v) is 8.21. The van der Waals surface area contributed by atoms with Gasteiger partial charge in [-0.2, -0.15) is 0 Å². The maximum atomic E-state index is 11.7. The molecule has 2 aliphatic rings. The highest BCUT2D eigenvalue weighted by molar-refractivity contribution is 6.31. The first-order valence-electron chi connectivity index (χ1n) is 10.5. The summed E-state index contributed by atoms with van der Waals surface area (Å²) in [5.41, 5.74) is 2.71. The molecule has 0 radical (unpaired) electrons. The van der Waals surface area contributed by atoms with E-state index in [2.05, 4.69) is 0 Å². The zero-order valence-corrected chi connectivity index (χ0v) is 18.7. The van der Waals surface area contributed by atoms with Crippen LogP contribution in [0.1, 0.15) is 43.1 Å². The van der Waals surface area contributed by atoms with Crippen LogP contribution in [0.15, 0.2) is 36.4 Å². The van der Waals surface area contributed by atoms with E-state index in [1.165, 1.54) is 13.8 Å². The Morgan fingerprint density at radius 3 is 2.47 bits per heavy atom. The predicted molar refractivity (Wildman–Crippen MR) is 116 cm³/mol. The van der Waals surface area contributed by atoms with Gasteiger partial charge in [-0.1, -0.05) is 29.8 Å². The molecule has 0 N–H and O–H groups in total. The van der Waals surface area contributed by atoms with Crippen molar-refractivity contribution in [2.45, 2.75) is 45.0 Å². The lowest BCUT2D eigenvalue weighted by Gasteiger charge is -2.37. The largest absolute Gasteiger partial charge is 0.486 e. The summed E-state index contributed by atoms with van der Waals surface area (Å²) in [6.45, 7) is 4.10. The van der Waals surface area contributed by atoms with Gasteiger partial charge in [-0.3, -0.25) is 9.59 Å². The molecular formula is C24H25ClO7. The van der Waals surface area contributed by atoms with Crippen LogP contribution in [-0.4, -0.2) is 44.0 Å². The predicted octanol–water partition coefficient (Wildman–Crippen LogP) is 4.03. The third-order valence-electron chi connectivity index (χ3n) is 5.38.